The minimum Gasteiger partial charge on any atom is -0.374 e. The molecule has 2 aromatic carbocycles. The molecule has 1 aliphatic rings. The van der Waals surface area contributed by atoms with E-state index >= 15 is 0 Å². The third-order valence-electron chi connectivity index (χ3n) is 4.10. The van der Waals surface area contributed by atoms with E-state index in [1.165, 1.54) is 34.5 Å². The molecule has 0 aliphatic carbocycles. The quantitative estimate of drug-likeness (QED) is 0.849. The molecule has 110 valence electrons. The zero-order valence-electron chi connectivity index (χ0n) is 12.4. The van der Waals surface area contributed by atoms with Gasteiger partial charge in [0.1, 0.15) is 5.82 Å². The van der Waals surface area contributed by atoms with Crippen molar-refractivity contribution in [1.29, 1.82) is 0 Å². The number of benzene rings is 2. The average Bonchev–Trinajstić information content (AvgIpc) is 2.86. The summed E-state index contributed by atoms with van der Waals surface area (Å²) in [7, 11) is 2.15. The van der Waals surface area contributed by atoms with Gasteiger partial charge >= 0.3 is 0 Å². The Morgan fingerprint density at radius 2 is 1.86 bits per heavy atom. The molecule has 21 heavy (non-hydrogen) atoms. The molecule has 0 atom stereocenters. The molecule has 0 saturated carbocycles. The van der Waals surface area contributed by atoms with Crippen molar-refractivity contribution in [2.24, 2.45) is 0 Å². The van der Waals surface area contributed by atoms with Crippen molar-refractivity contribution in [2.75, 3.05) is 25.0 Å². The summed E-state index contributed by atoms with van der Waals surface area (Å²) in [6, 6.07) is 13.5. The van der Waals surface area contributed by atoms with Gasteiger partial charge in [0.15, 0.2) is 0 Å². The molecule has 0 unspecified atom stereocenters. The Balaban J connectivity index is 1.48. The number of fused-ring (bicyclic) bond motifs is 1. The molecule has 0 aromatic heterocycles. The summed E-state index contributed by atoms with van der Waals surface area (Å²) in [6.07, 6.45) is 2.07. The molecule has 1 N–H and O–H groups in total. The van der Waals surface area contributed by atoms with Crippen molar-refractivity contribution in [3.63, 3.8) is 0 Å². The van der Waals surface area contributed by atoms with Gasteiger partial charge in [0.25, 0.3) is 0 Å². The molecule has 3 heteroatoms. The second-order valence-electron chi connectivity index (χ2n) is 5.69. The van der Waals surface area contributed by atoms with Crippen LogP contribution in [0.2, 0.25) is 0 Å². The molecular weight excluding hydrogens is 263 g/mol. The molecule has 0 bridgehead atoms. The van der Waals surface area contributed by atoms with Gasteiger partial charge in [-0.2, -0.15) is 0 Å². The average molecular weight is 284 g/mol. The third kappa shape index (κ3) is 3.42. The summed E-state index contributed by atoms with van der Waals surface area (Å²) >= 11 is 0. The Labute approximate surface area is 125 Å². The van der Waals surface area contributed by atoms with Gasteiger partial charge in [0.2, 0.25) is 0 Å². The topological polar surface area (TPSA) is 15.3 Å². The maximum absolute atomic E-state index is 12.8. The number of hydrogen-bond acceptors (Lipinski definition) is 2. The lowest BCUT2D eigenvalue weighted by Crippen LogP contribution is -2.16. The first kappa shape index (κ1) is 14.1. The zero-order valence-corrected chi connectivity index (χ0v) is 12.4. The highest BCUT2D eigenvalue weighted by Crippen LogP contribution is 2.27. The fraction of sp³-hybridized carbons (Fsp3) is 0.333. The van der Waals surface area contributed by atoms with E-state index in [1.807, 2.05) is 12.1 Å². The van der Waals surface area contributed by atoms with Gasteiger partial charge in [-0.3, -0.25) is 0 Å². The highest BCUT2D eigenvalue weighted by atomic mass is 19.1. The van der Waals surface area contributed by atoms with Crippen LogP contribution in [-0.2, 0) is 19.4 Å². The lowest BCUT2D eigenvalue weighted by Gasteiger charge is -2.12. The summed E-state index contributed by atoms with van der Waals surface area (Å²) in [6.45, 7) is 2.91. The van der Waals surface area contributed by atoms with Crippen LogP contribution in [-0.4, -0.2) is 20.1 Å². The molecule has 2 nitrogen and oxygen atoms in total. The maximum Gasteiger partial charge on any atom is 0.123 e. The van der Waals surface area contributed by atoms with Crippen LogP contribution in [0.1, 0.15) is 16.7 Å². The van der Waals surface area contributed by atoms with Gasteiger partial charge in [0, 0.05) is 25.8 Å². The van der Waals surface area contributed by atoms with Crippen LogP contribution in [0.4, 0.5) is 10.1 Å². The van der Waals surface area contributed by atoms with Crippen LogP contribution in [0, 0.1) is 5.82 Å². The number of rotatable bonds is 5. The lowest BCUT2D eigenvalue weighted by atomic mass is 10.1. The monoisotopic (exact) mass is 284 g/mol. The summed E-state index contributed by atoms with van der Waals surface area (Å²) in [5, 5.41) is 3.46. The predicted molar refractivity (Wildman–Crippen MR) is 85.2 cm³/mol. The fourth-order valence-corrected chi connectivity index (χ4v) is 2.85. The summed E-state index contributed by atoms with van der Waals surface area (Å²) < 4.78 is 12.8. The van der Waals surface area contributed by atoms with Crippen molar-refractivity contribution >= 4 is 5.69 Å². The van der Waals surface area contributed by atoms with Crippen LogP contribution in [0.25, 0.3) is 0 Å². The molecule has 3 rings (SSSR count). The van der Waals surface area contributed by atoms with E-state index in [1.54, 1.807) is 0 Å². The van der Waals surface area contributed by atoms with Gasteiger partial charge in [-0.25, -0.2) is 4.39 Å². The van der Waals surface area contributed by atoms with E-state index in [0.717, 1.165) is 32.5 Å². The largest absolute Gasteiger partial charge is 0.374 e. The molecule has 1 heterocycles. The first-order chi connectivity index (χ1) is 10.2. The first-order valence-corrected chi connectivity index (χ1v) is 7.50. The second-order valence-corrected chi connectivity index (χ2v) is 5.69. The number of nitrogens with one attached hydrogen (secondary N) is 1. The van der Waals surface area contributed by atoms with Crippen LogP contribution in [0.15, 0.2) is 42.5 Å². The maximum atomic E-state index is 12.8. The molecule has 0 spiro atoms. The molecular formula is C18H21FN2. The molecule has 0 saturated heterocycles. The van der Waals surface area contributed by atoms with Gasteiger partial charge < -0.3 is 10.2 Å². The number of nitrogens with zero attached hydrogens (tertiary/aromatic N) is 1. The molecule has 0 radical (unpaired) electrons. The van der Waals surface area contributed by atoms with Crippen molar-refractivity contribution in [2.45, 2.75) is 19.4 Å². The van der Waals surface area contributed by atoms with Crippen LogP contribution in [0.3, 0.4) is 0 Å². The lowest BCUT2D eigenvalue weighted by molar-refractivity contribution is 0.626. The molecule has 2 aromatic rings. The Morgan fingerprint density at radius 3 is 2.67 bits per heavy atom. The first-order valence-electron chi connectivity index (χ1n) is 7.50. The van der Waals surface area contributed by atoms with E-state index in [-0.39, 0.29) is 5.82 Å². The van der Waals surface area contributed by atoms with Gasteiger partial charge in [-0.1, -0.05) is 24.3 Å². The minimum absolute atomic E-state index is 0.171. The fourth-order valence-electron chi connectivity index (χ4n) is 2.85. The minimum atomic E-state index is -0.171. The van der Waals surface area contributed by atoms with E-state index in [0.29, 0.717) is 0 Å². The summed E-state index contributed by atoms with van der Waals surface area (Å²) in [5.74, 6) is -0.171. The Hall–Kier alpha value is -1.87. The predicted octanol–water partition coefficient (Wildman–Crippen LogP) is 3.15. The Bertz CT molecular complexity index is 607. The van der Waals surface area contributed by atoms with Gasteiger partial charge in [0.05, 0.1) is 0 Å². The van der Waals surface area contributed by atoms with E-state index in [2.05, 4.69) is 35.5 Å². The van der Waals surface area contributed by atoms with E-state index in [9.17, 15) is 4.39 Å². The van der Waals surface area contributed by atoms with E-state index in [4.69, 9.17) is 0 Å². The van der Waals surface area contributed by atoms with Crippen molar-refractivity contribution in [3.8, 4) is 0 Å². The summed E-state index contributed by atoms with van der Waals surface area (Å²) in [5.41, 5.74) is 5.32. The second kappa shape index (κ2) is 6.27. The van der Waals surface area contributed by atoms with Crippen molar-refractivity contribution in [3.05, 3.63) is 65.0 Å². The van der Waals surface area contributed by atoms with Crippen LogP contribution >= 0.6 is 0 Å². The standard InChI is InChI=1S/C18H21FN2/c1-21-11-9-16-12-15(4-7-18(16)21)13-20-10-8-14-2-5-17(19)6-3-14/h2-7,12,20H,8-11,13H2,1H3. The summed E-state index contributed by atoms with van der Waals surface area (Å²) in [4.78, 5) is 2.31. The normalized spacial score (nSPS) is 13.5. The Kier molecular flexibility index (Phi) is 4.20. The number of likely N-dealkylation sites (N-methyl/N-ethyl adjacent to an activating group) is 1. The Morgan fingerprint density at radius 1 is 1.10 bits per heavy atom. The highest BCUT2D eigenvalue weighted by molar-refractivity contribution is 5.58. The van der Waals surface area contributed by atoms with Gasteiger partial charge in [-0.15, -0.1) is 0 Å². The third-order valence-corrected chi connectivity index (χ3v) is 4.10. The van der Waals surface area contributed by atoms with Gasteiger partial charge in [-0.05, 0) is 54.3 Å². The smallest absolute Gasteiger partial charge is 0.123 e. The van der Waals surface area contributed by atoms with Crippen molar-refractivity contribution < 1.29 is 4.39 Å². The highest BCUT2D eigenvalue weighted by Gasteiger charge is 2.15. The zero-order chi connectivity index (χ0) is 14.7. The molecule has 1 aliphatic heterocycles. The molecule has 0 fully saturated rings. The van der Waals surface area contributed by atoms with Crippen LogP contribution < -0.4 is 10.2 Å². The van der Waals surface area contributed by atoms with Crippen molar-refractivity contribution in [1.82, 2.24) is 5.32 Å². The van der Waals surface area contributed by atoms with Crippen LogP contribution in [0.5, 0.6) is 0 Å². The SMILES string of the molecule is CN1CCc2cc(CNCCc3ccc(F)cc3)ccc21. The molecule has 0 amide bonds. The number of anilines is 1. The van der Waals surface area contributed by atoms with E-state index < -0.39 is 0 Å². The number of hydrogen-bond donors (Lipinski definition) is 1. The number of halogens is 1.